The molecule has 1 aromatic heterocycles. The van der Waals surface area contributed by atoms with Gasteiger partial charge in [-0.05, 0) is 31.5 Å². The highest BCUT2D eigenvalue weighted by atomic mass is 35.5. The van der Waals surface area contributed by atoms with Crippen molar-refractivity contribution < 1.29 is 4.74 Å². The van der Waals surface area contributed by atoms with Gasteiger partial charge in [0.2, 0.25) is 0 Å². The van der Waals surface area contributed by atoms with Gasteiger partial charge in [0, 0.05) is 10.9 Å². The Morgan fingerprint density at radius 1 is 1.14 bits per heavy atom. The zero-order valence-corrected chi connectivity index (χ0v) is 14.0. The lowest BCUT2D eigenvalue weighted by molar-refractivity contribution is 0.306. The fraction of sp³-hybridized carbons (Fsp3) is 0.167. The summed E-state index contributed by atoms with van der Waals surface area (Å²) in [5, 5.41) is 3.63. The number of aryl methyl sites for hydroxylation is 2. The van der Waals surface area contributed by atoms with Crippen molar-refractivity contribution in [1.29, 1.82) is 0 Å². The number of ether oxygens (including phenoxy) is 1. The Hall–Kier alpha value is -1.84. The van der Waals surface area contributed by atoms with Crippen LogP contribution in [0.15, 0.2) is 47.8 Å². The zero-order chi connectivity index (χ0) is 15.5. The van der Waals surface area contributed by atoms with Gasteiger partial charge in [-0.1, -0.05) is 47.5 Å². The highest BCUT2D eigenvalue weighted by molar-refractivity contribution is 7.09. The van der Waals surface area contributed by atoms with E-state index in [1.54, 1.807) is 11.3 Å². The normalized spacial score (nSPS) is 10.7. The average molecular weight is 330 g/mol. The van der Waals surface area contributed by atoms with Crippen molar-refractivity contribution in [3.63, 3.8) is 0 Å². The molecule has 2 aromatic carbocycles. The number of aromatic nitrogens is 1. The fourth-order valence-corrected chi connectivity index (χ4v) is 3.20. The molecule has 0 amide bonds. The van der Waals surface area contributed by atoms with Gasteiger partial charge in [0.05, 0.1) is 10.7 Å². The Morgan fingerprint density at radius 2 is 1.95 bits per heavy atom. The number of halogens is 1. The van der Waals surface area contributed by atoms with Gasteiger partial charge in [0.25, 0.3) is 0 Å². The van der Waals surface area contributed by atoms with Crippen LogP contribution in [-0.4, -0.2) is 4.98 Å². The summed E-state index contributed by atoms with van der Waals surface area (Å²) >= 11 is 7.69. The van der Waals surface area contributed by atoms with Crippen molar-refractivity contribution in [2.45, 2.75) is 20.5 Å². The lowest BCUT2D eigenvalue weighted by Crippen LogP contribution is -1.95. The molecule has 0 bridgehead atoms. The third-order valence-electron chi connectivity index (χ3n) is 3.40. The molecule has 4 heteroatoms. The SMILES string of the molecule is Cc1ccc(-c2csc(COc3ccccc3Cl)n2)c(C)c1. The first-order chi connectivity index (χ1) is 10.6. The van der Waals surface area contributed by atoms with E-state index in [9.17, 15) is 0 Å². The van der Waals surface area contributed by atoms with E-state index in [0.717, 1.165) is 10.7 Å². The van der Waals surface area contributed by atoms with Crippen molar-refractivity contribution in [3.05, 3.63) is 69.0 Å². The number of nitrogens with zero attached hydrogens (tertiary/aromatic N) is 1. The molecular weight excluding hydrogens is 314 g/mol. The molecule has 0 atom stereocenters. The van der Waals surface area contributed by atoms with Crippen molar-refractivity contribution in [3.8, 4) is 17.0 Å². The van der Waals surface area contributed by atoms with Crippen LogP contribution < -0.4 is 4.74 Å². The predicted octanol–water partition coefficient (Wildman–Crippen LogP) is 5.66. The molecule has 22 heavy (non-hydrogen) atoms. The second-order valence-corrected chi connectivity index (χ2v) is 6.51. The summed E-state index contributed by atoms with van der Waals surface area (Å²) in [6, 6.07) is 13.9. The molecule has 1 heterocycles. The van der Waals surface area contributed by atoms with Crippen LogP contribution in [0, 0.1) is 13.8 Å². The standard InChI is InChI=1S/C18H16ClNOS/c1-12-7-8-14(13(2)9-12)16-11-22-18(20-16)10-21-17-6-4-3-5-15(17)19/h3-9,11H,10H2,1-2H3. The number of thiazole rings is 1. The molecule has 0 saturated carbocycles. The van der Waals surface area contributed by atoms with Gasteiger partial charge >= 0.3 is 0 Å². The molecule has 0 aliphatic heterocycles. The van der Waals surface area contributed by atoms with Crippen LogP contribution in [0.3, 0.4) is 0 Å². The summed E-state index contributed by atoms with van der Waals surface area (Å²) < 4.78 is 5.74. The monoisotopic (exact) mass is 329 g/mol. The van der Waals surface area contributed by atoms with Gasteiger partial charge in [-0.2, -0.15) is 0 Å². The quantitative estimate of drug-likeness (QED) is 0.616. The Kier molecular flexibility index (Phi) is 4.46. The van der Waals surface area contributed by atoms with Gasteiger partial charge in [0.15, 0.2) is 0 Å². The van der Waals surface area contributed by atoms with Crippen LogP contribution in [0.4, 0.5) is 0 Å². The van der Waals surface area contributed by atoms with E-state index < -0.39 is 0 Å². The number of para-hydroxylation sites is 1. The molecule has 0 spiro atoms. The third-order valence-corrected chi connectivity index (χ3v) is 4.53. The van der Waals surface area contributed by atoms with Gasteiger partial charge in [-0.3, -0.25) is 0 Å². The Morgan fingerprint density at radius 3 is 2.73 bits per heavy atom. The smallest absolute Gasteiger partial charge is 0.140 e. The first-order valence-corrected chi connectivity index (χ1v) is 8.28. The van der Waals surface area contributed by atoms with Crippen LogP contribution in [0.5, 0.6) is 5.75 Å². The molecule has 0 N–H and O–H groups in total. The zero-order valence-electron chi connectivity index (χ0n) is 12.5. The van der Waals surface area contributed by atoms with Crippen molar-refractivity contribution in [2.24, 2.45) is 0 Å². The maximum Gasteiger partial charge on any atom is 0.140 e. The summed E-state index contributed by atoms with van der Waals surface area (Å²) in [6.07, 6.45) is 0. The number of benzene rings is 2. The van der Waals surface area contributed by atoms with Gasteiger partial charge in [0.1, 0.15) is 17.4 Å². The molecule has 2 nitrogen and oxygen atoms in total. The summed E-state index contributed by atoms with van der Waals surface area (Å²) in [4.78, 5) is 4.67. The lowest BCUT2D eigenvalue weighted by Gasteiger charge is -2.05. The molecular formula is C18H16ClNOS. The minimum absolute atomic E-state index is 0.430. The van der Waals surface area contributed by atoms with E-state index in [1.165, 1.54) is 16.7 Å². The molecule has 0 radical (unpaired) electrons. The molecule has 3 aromatic rings. The number of rotatable bonds is 4. The molecule has 3 rings (SSSR count). The summed E-state index contributed by atoms with van der Waals surface area (Å²) in [6.45, 7) is 4.64. The average Bonchev–Trinajstić information content (AvgIpc) is 2.95. The van der Waals surface area contributed by atoms with Gasteiger partial charge < -0.3 is 4.74 Å². The number of hydrogen-bond acceptors (Lipinski definition) is 3. The first kappa shape index (κ1) is 15.1. The third kappa shape index (κ3) is 3.32. The van der Waals surface area contributed by atoms with Crippen LogP contribution in [0.1, 0.15) is 16.1 Å². The van der Waals surface area contributed by atoms with E-state index in [4.69, 9.17) is 16.3 Å². The highest BCUT2D eigenvalue weighted by Gasteiger charge is 2.08. The second-order valence-electron chi connectivity index (χ2n) is 5.16. The minimum atomic E-state index is 0.430. The van der Waals surface area contributed by atoms with E-state index >= 15 is 0 Å². The maximum absolute atomic E-state index is 6.09. The lowest BCUT2D eigenvalue weighted by atomic mass is 10.0. The Balaban J connectivity index is 1.75. The first-order valence-electron chi connectivity index (χ1n) is 7.03. The van der Waals surface area contributed by atoms with Crippen molar-refractivity contribution >= 4 is 22.9 Å². The van der Waals surface area contributed by atoms with E-state index in [-0.39, 0.29) is 0 Å². The van der Waals surface area contributed by atoms with Crippen LogP contribution in [0.25, 0.3) is 11.3 Å². The molecule has 0 unspecified atom stereocenters. The maximum atomic E-state index is 6.09. The highest BCUT2D eigenvalue weighted by Crippen LogP contribution is 2.28. The van der Waals surface area contributed by atoms with E-state index in [1.807, 2.05) is 24.3 Å². The van der Waals surface area contributed by atoms with Gasteiger partial charge in [-0.25, -0.2) is 4.98 Å². The number of hydrogen-bond donors (Lipinski definition) is 0. The van der Waals surface area contributed by atoms with Crippen molar-refractivity contribution in [1.82, 2.24) is 4.98 Å². The molecule has 0 aliphatic rings. The molecule has 0 fully saturated rings. The summed E-state index contributed by atoms with van der Waals surface area (Å²) in [7, 11) is 0. The predicted molar refractivity (Wildman–Crippen MR) is 92.8 cm³/mol. The van der Waals surface area contributed by atoms with E-state index in [2.05, 4.69) is 42.4 Å². The summed E-state index contributed by atoms with van der Waals surface area (Å²) in [5.74, 6) is 0.687. The Bertz CT molecular complexity index is 797. The molecule has 0 saturated heterocycles. The van der Waals surface area contributed by atoms with Crippen LogP contribution >= 0.6 is 22.9 Å². The largest absolute Gasteiger partial charge is 0.485 e. The molecule has 112 valence electrons. The summed E-state index contributed by atoms with van der Waals surface area (Å²) in [5.41, 5.74) is 4.67. The fourth-order valence-electron chi connectivity index (χ4n) is 2.30. The van der Waals surface area contributed by atoms with Gasteiger partial charge in [-0.15, -0.1) is 11.3 Å². The second kappa shape index (κ2) is 6.51. The van der Waals surface area contributed by atoms with Crippen LogP contribution in [-0.2, 0) is 6.61 Å². The van der Waals surface area contributed by atoms with Crippen LogP contribution in [0.2, 0.25) is 5.02 Å². The Labute approximate surface area is 139 Å². The van der Waals surface area contributed by atoms with Crippen molar-refractivity contribution in [2.75, 3.05) is 0 Å². The topological polar surface area (TPSA) is 22.1 Å². The minimum Gasteiger partial charge on any atom is -0.485 e. The van der Waals surface area contributed by atoms with E-state index in [0.29, 0.717) is 17.4 Å². The molecule has 0 aliphatic carbocycles.